The third-order valence-corrected chi connectivity index (χ3v) is 1.48. The molecule has 78 valence electrons. The minimum atomic E-state index is -0.141. The molecule has 13 heavy (non-hydrogen) atoms. The molecule has 1 amide bonds. The average molecular weight is 190 g/mol. The molecule has 0 heterocycles. The van der Waals surface area contributed by atoms with E-state index in [1.54, 1.807) is 7.11 Å². The van der Waals surface area contributed by atoms with Crippen molar-refractivity contribution >= 4 is 5.91 Å². The fraction of sp³-hybridized carbons (Fsp3) is 0.875. The summed E-state index contributed by atoms with van der Waals surface area (Å²) in [5, 5.41) is 2.66. The zero-order chi connectivity index (χ0) is 10.1. The zero-order valence-electron chi connectivity index (χ0n) is 8.21. The smallest absolute Gasteiger partial charge is 0.246 e. The average Bonchev–Trinajstić information content (AvgIpc) is 2.14. The number of methoxy groups -OCH3 is 1. The molecule has 0 aromatic heterocycles. The van der Waals surface area contributed by atoms with E-state index in [0.29, 0.717) is 19.7 Å². The molecule has 0 fully saturated rings. The van der Waals surface area contributed by atoms with Crippen LogP contribution < -0.4 is 11.1 Å². The van der Waals surface area contributed by atoms with Crippen molar-refractivity contribution in [3.63, 3.8) is 0 Å². The Labute approximate surface area is 78.6 Å². The van der Waals surface area contributed by atoms with Crippen LogP contribution in [0.2, 0.25) is 0 Å². The summed E-state index contributed by atoms with van der Waals surface area (Å²) in [7, 11) is 1.60. The third kappa shape index (κ3) is 7.70. The van der Waals surface area contributed by atoms with Crippen molar-refractivity contribution in [1.82, 2.24) is 5.32 Å². The van der Waals surface area contributed by atoms with E-state index < -0.39 is 0 Å². The number of carbonyl (C=O) groups excluding carboxylic acids is 1. The maximum atomic E-state index is 11.0. The largest absolute Gasteiger partial charge is 0.380 e. The van der Waals surface area contributed by atoms with Gasteiger partial charge in [0.25, 0.3) is 0 Å². The summed E-state index contributed by atoms with van der Waals surface area (Å²) >= 11 is 0. The van der Waals surface area contributed by atoms with Gasteiger partial charge in [-0.3, -0.25) is 4.79 Å². The van der Waals surface area contributed by atoms with Gasteiger partial charge in [0, 0.05) is 20.2 Å². The van der Waals surface area contributed by atoms with E-state index in [4.69, 9.17) is 15.2 Å². The molecule has 0 saturated heterocycles. The normalized spacial score (nSPS) is 12.5. The SMILES string of the molecule is COC(C)CNC(=O)COCCN. The highest BCUT2D eigenvalue weighted by Crippen LogP contribution is 1.83. The minimum absolute atomic E-state index is 0.0264. The number of nitrogens with one attached hydrogen (secondary N) is 1. The zero-order valence-corrected chi connectivity index (χ0v) is 8.21. The van der Waals surface area contributed by atoms with Crippen molar-refractivity contribution in [1.29, 1.82) is 0 Å². The van der Waals surface area contributed by atoms with Crippen LogP contribution in [0.15, 0.2) is 0 Å². The van der Waals surface area contributed by atoms with Gasteiger partial charge >= 0.3 is 0 Å². The van der Waals surface area contributed by atoms with Gasteiger partial charge in [-0.15, -0.1) is 0 Å². The Morgan fingerprint density at radius 2 is 2.31 bits per heavy atom. The van der Waals surface area contributed by atoms with Crippen molar-refractivity contribution in [2.75, 3.05) is 33.4 Å². The predicted octanol–water partition coefficient (Wildman–Crippen LogP) is -0.887. The van der Waals surface area contributed by atoms with Gasteiger partial charge in [0.05, 0.1) is 12.7 Å². The van der Waals surface area contributed by atoms with Crippen molar-refractivity contribution < 1.29 is 14.3 Å². The van der Waals surface area contributed by atoms with E-state index in [9.17, 15) is 4.79 Å². The van der Waals surface area contributed by atoms with Crippen molar-refractivity contribution in [3.8, 4) is 0 Å². The maximum Gasteiger partial charge on any atom is 0.246 e. The van der Waals surface area contributed by atoms with Crippen LogP contribution in [-0.2, 0) is 14.3 Å². The molecule has 0 bridgehead atoms. The first-order valence-electron chi connectivity index (χ1n) is 4.28. The fourth-order valence-corrected chi connectivity index (χ4v) is 0.640. The molecular weight excluding hydrogens is 172 g/mol. The Morgan fingerprint density at radius 1 is 1.62 bits per heavy atom. The second kappa shape index (κ2) is 7.97. The number of amides is 1. The maximum absolute atomic E-state index is 11.0. The Balaban J connectivity index is 3.30. The molecule has 0 spiro atoms. The molecule has 0 aromatic rings. The summed E-state index contributed by atoms with van der Waals surface area (Å²) in [6.07, 6.45) is 0.0264. The van der Waals surface area contributed by atoms with Crippen molar-refractivity contribution in [3.05, 3.63) is 0 Å². The van der Waals surface area contributed by atoms with Gasteiger partial charge in [0.1, 0.15) is 6.61 Å². The summed E-state index contributed by atoms with van der Waals surface area (Å²) in [6.45, 7) is 3.28. The van der Waals surface area contributed by atoms with Crippen LogP contribution in [0.25, 0.3) is 0 Å². The molecule has 0 aromatic carbocycles. The molecule has 0 aliphatic heterocycles. The molecule has 0 rings (SSSR count). The first-order chi connectivity index (χ1) is 6.20. The molecule has 1 unspecified atom stereocenters. The van der Waals surface area contributed by atoms with E-state index in [0.717, 1.165) is 0 Å². The van der Waals surface area contributed by atoms with Crippen LogP contribution in [0.3, 0.4) is 0 Å². The molecule has 0 saturated carbocycles. The summed E-state index contributed by atoms with van der Waals surface area (Å²) in [4.78, 5) is 11.0. The van der Waals surface area contributed by atoms with E-state index in [1.165, 1.54) is 0 Å². The Kier molecular flexibility index (Phi) is 7.57. The van der Waals surface area contributed by atoms with Gasteiger partial charge in [-0.25, -0.2) is 0 Å². The molecule has 5 nitrogen and oxygen atoms in total. The Morgan fingerprint density at radius 3 is 2.85 bits per heavy atom. The van der Waals surface area contributed by atoms with Crippen LogP contribution in [0.5, 0.6) is 0 Å². The van der Waals surface area contributed by atoms with Crippen LogP contribution in [0, 0.1) is 0 Å². The Bertz CT molecular complexity index is 141. The summed E-state index contributed by atoms with van der Waals surface area (Å²) in [5.41, 5.74) is 5.18. The quantitative estimate of drug-likeness (QED) is 0.511. The second-order valence-electron chi connectivity index (χ2n) is 2.69. The standard InChI is InChI=1S/C8H18N2O3/c1-7(12-2)5-10-8(11)6-13-4-3-9/h7H,3-6,9H2,1-2H3,(H,10,11). The van der Waals surface area contributed by atoms with Gasteiger partial charge in [-0.1, -0.05) is 0 Å². The van der Waals surface area contributed by atoms with Gasteiger partial charge in [-0.2, -0.15) is 0 Å². The van der Waals surface area contributed by atoms with Gasteiger partial charge in [0.15, 0.2) is 0 Å². The monoisotopic (exact) mass is 190 g/mol. The van der Waals surface area contributed by atoms with Crippen LogP contribution >= 0.6 is 0 Å². The molecular formula is C8H18N2O3. The summed E-state index contributed by atoms with van der Waals surface area (Å²) in [6, 6.07) is 0. The van der Waals surface area contributed by atoms with Crippen LogP contribution in [-0.4, -0.2) is 45.4 Å². The lowest BCUT2D eigenvalue weighted by Crippen LogP contribution is -2.34. The number of rotatable bonds is 7. The highest BCUT2D eigenvalue weighted by Gasteiger charge is 2.03. The number of hydrogen-bond donors (Lipinski definition) is 2. The lowest BCUT2D eigenvalue weighted by Gasteiger charge is -2.10. The first-order valence-corrected chi connectivity index (χ1v) is 4.28. The van der Waals surface area contributed by atoms with Gasteiger partial charge < -0.3 is 20.5 Å². The third-order valence-electron chi connectivity index (χ3n) is 1.48. The van der Waals surface area contributed by atoms with E-state index >= 15 is 0 Å². The number of carbonyl (C=O) groups is 1. The van der Waals surface area contributed by atoms with E-state index in [-0.39, 0.29) is 18.6 Å². The van der Waals surface area contributed by atoms with Gasteiger partial charge in [0.2, 0.25) is 5.91 Å². The topological polar surface area (TPSA) is 73.6 Å². The molecule has 1 atom stereocenters. The van der Waals surface area contributed by atoms with Crippen molar-refractivity contribution in [2.45, 2.75) is 13.0 Å². The number of nitrogens with two attached hydrogens (primary N) is 1. The summed E-state index contributed by atoms with van der Waals surface area (Å²) < 4.78 is 9.88. The highest BCUT2D eigenvalue weighted by atomic mass is 16.5. The molecule has 0 aliphatic rings. The number of ether oxygens (including phenoxy) is 2. The second-order valence-corrected chi connectivity index (χ2v) is 2.69. The predicted molar refractivity (Wildman–Crippen MR) is 49.4 cm³/mol. The molecule has 0 aliphatic carbocycles. The highest BCUT2D eigenvalue weighted by molar-refractivity contribution is 5.77. The molecule has 3 N–H and O–H groups in total. The first kappa shape index (κ1) is 12.3. The van der Waals surface area contributed by atoms with Crippen molar-refractivity contribution in [2.24, 2.45) is 5.73 Å². The van der Waals surface area contributed by atoms with Crippen LogP contribution in [0.4, 0.5) is 0 Å². The molecule has 5 heteroatoms. The minimum Gasteiger partial charge on any atom is -0.380 e. The van der Waals surface area contributed by atoms with E-state index in [1.807, 2.05) is 6.92 Å². The van der Waals surface area contributed by atoms with Crippen LogP contribution in [0.1, 0.15) is 6.92 Å². The summed E-state index contributed by atoms with van der Waals surface area (Å²) in [5.74, 6) is -0.141. The van der Waals surface area contributed by atoms with Gasteiger partial charge in [-0.05, 0) is 6.92 Å². The molecule has 0 radical (unpaired) electrons. The lowest BCUT2D eigenvalue weighted by atomic mass is 10.4. The fourth-order valence-electron chi connectivity index (χ4n) is 0.640. The lowest BCUT2D eigenvalue weighted by molar-refractivity contribution is -0.126. The Hall–Kier alpha value is -0.650. The van der Waals surface area contributed by atoms with E-state index in [2.05, 4.69) is 5.32 Å². The number of hydrogen-bond acceptors (Lipinski definition) is 4.